The number of thiophene rings is 1. The summed E-state index contributed by atoms with van der Waals surface area (Å²) >= 11 is 1.45. The molecule has 5 nitrogen and oxygen atoms in total. The Morgan fingerprint density at radius 2 is 2.10 bits per heavy atom. The first-order chi connectivity index (χ1) is 9.65. The van der Waals surface area contributed by atoms with Crippen molar-refractivity contribution >= 4 is 28.8 Å². The van der Waals surface area contributed by atoms with E-state index in [1.54, 1.807) is 23.6 Å². The first kappa shape index (κ1) is 14.1. The van der Waals surface area contributed by atoms with E-state index in [2.05, 4.69) is 10.6 Å². The predicted molar refractivity (Wildman–Crippen MR) is 78.0 cm³/mol. The first-order valence-corrected chi connectivity index (χ1v) is 6.99. The Labute approximate surface area is 120 Å². The molecule has 6 heteroatoms. The van der Waals surface area contributed by atoms with E-state index < -0.39 is 0 Å². The summed E-state index contributed by atoms with van der Waals surface area (Å²) in [6.07, 6.45) is 0.172. The molecule has 1 aromatic carbocycles. The van der Waals surface area contributed by atoms with Gasteiger partial charge in [0.15, 0.2) is 0 Å². The van der Waals surface area contributed by atoms with Gasteiger partial charge in [-0.25, -0.2) is 0 Å². The largest absolute Gasteiger partial charge is 0.508 e. The maximum atomic E-state index is 11.6. The van der Waals surface area contributed by atoms with Crippen molar-refractivity contribution in [2.45, 2.75) is 6.42 Å². The highest BCUT2D eigenvalue weighted by Gasteiger charge is 2.07. The lowest BCUT2D eigenvalue weighted by atomic mass is 10.3. The summed E-state index contributed by atoms with van der Waals surface area (Å²) in [5.74, 6) is -0.314. The number of benzene rings is 1. The van der Waals surface area contributed by atoms with E-state index >= 15 is 0 Å². The number of rotatable bonds is 5. The van der Waals surface area contributed by atoms with Gasteiger partial charge >= 0.3 is 0 Å². The van der Waals surface area contributed by atoms with E-state index in [1.165, 1.54) is 23.5 Å². The predicted octanol–water partition coefficient (Wildman–Crippen LogP) is 2.21. The van der Waals surface area contributed by atoms with E-state index in [1.807, 2.05) is 5.38 Å². The molecule has 3 N–H and O–H groups in total. The van der Waals surface area contributed by atoms with Crippen molar-refractivity contribution < 1.29 is 14.7 Å². The van der Waals surface area contributed by atoms with Gasteiger partial charge in [-0.2, -0.15) is 11.3 Å². The van der Waals surface area contributed by atoms with Crippen LogP contribution in [0.1, 0.15) is 16.8 Å². The summed E-state index contributed by atoms with van der Waals surface area (Å²) in [6, 6.07) is 8.04. The molecule has 104 valence electrons. The van der Waals surface area contributed by atoms with Gasteiger partial charge in [0.1, 0.15) is 5.75 Å². The van der Waals surface area contributed by atoms with Crippen molar-refractivity contribution in [2.75, 3.05) is 11.9 Å². The summed E-state index contributed by atoms with van der Waals surface area (Å²) < 4.78 is 0. The zero-order valence-electron chi connectivity index (χ0n) is 10.6. The van der Waals surface area contributed by atoms with Gasteiger partial charge in [-0.3, -0.25) is 9.59 Å². The zero-order chi connectivity index (χ0) is 14.4. The van der Waals surface area contributed by atoms with Gasteiger partial charge in [0.25, 0.3) is 5.91 Å². The Hall–Kier alpha value is -2.34. The standard InChI is InChI=1S/C14H14N2O3S/c17-12-3-1-2-11(8-12)16-13(18)4-6-15-14(19)10-5-7-20-9-10/h1-3,5,7-9,17H,4,6H2,(H,15,19)(H,16,18). The van der Waals surface area contributed by atoms with Crippen LogP contribution >= 0.6 is 11.3 Å². The van der Waals surface area contributed by atoms with Crippen molar-refractivity contribution in [3.05, 3.63) is 46.7 Å². The Morgan fingerprint density at radius 1 is 1.25 bits per heavy atom. The highest BCUT2D eigenvalue weighted by Crippen LogP contribution is 2.15. The highest BCUT2D eigenvalue weighted by atomic mass is 32.1. The fourth-order valence-corrected chi connectivity index (χ4v) is 2.23. The van der Waals surface area contributed by atoms with Crippen LogP contribution in [-0.4, -0.2) is 23.5 Å². The van der Waals surface area contributed by atoms with Crippen molar-refractivity contribution in [3.63, 3.8) is 0 Å². The maximum absolute atomic E-state index is 11.6. The number of hydrogen-bond acceptors (Lipinski definition) is 4. The third-order valence-electron chi connectivity index (χ3n) is 2.55. The van der Waals surface area contributed by atoms with Crippen molar-refractivity contribution in [1.29, 1.82) is 0 Å². The van der Waals surface area contributed by atoms with E-state index in [0.29, 0.717) is 11.3 Å². The minimum Gasteiger partial charge on any atom is -0.508 e. The Bertz CT molecular complexity index is 596. The molecule has 0 fully saturated rings. The number of aromatic hydroxyl groups is 1. The van der Waals surface area contributed by atoms with Crippen molar-refractivity contribution in [2.24, 2.45) is 0 Å². The number of amides is 2. The van der Waals surface area contributed by atoms with E-state index in [4.69, 9.17) is 0 Å². The smallest absolute Gasteiger partial charge is 0.252 e. The molecule has 0 aliphatic rings. The third-order valence-corrected chi connectivity index (χ3v) is 3.23. The van der Waals surface area contributed by atoms with Gasteiger partial charge < -0.3 is 15.7 Å². The molecule has 0 atom stereocenters. The van der Waals surface area contributed by atoms with Gasteiger partial charge in [0.2, 0.25) is 5.91 Å². The topological polar surface area (TPSA) is 78.4 Å². The van der Waals surface area contributed by atoms with Crippen LogP contribution in [0.5, 0.6) is 5.75 Å². The van der Waals surface area contributed by atoms with Crippen LogP contribution in [0.4, 0.5) is 5.69 Å². The Balaban J connectivity index is 1.74. The van der Waals surface area contributed by atoms with Crippen LogP contribution in [0.25, 0.3) is 0 Å². The molecule has 2 amide bonds. The molecule has 1 heterocycles. The van der Waals surface area contributed by atoms with Gasteiger partial charge in [-0.15, -0.1) is 0 Å². The summed E-state index contributed by atoms with van der Waals surface area (Å²) in [5.41, 5.74) is 1.13. The zero-order valence-corrected chi connectivity index (χ0v) is 11.4. The van der Waals surface area contributed by atoms with Crippen LogP contribution in [-0.2, 0) is 4.79 Å². The molecule has 2 aromatic rings. The lowest BCUT2D eigenvalue weighted by molar-refractivity contribution is -0.116. The van der Waals surface area contributed by atoms with Crippen LogP contribution in [0.3, 0.4) is 0 Å². The fraction of sp³-hybridized carbons (Fsp3) is 0.143. The van der Waals surface area contributed by atoms with Gasteiger partial charge in [0, 0.05) is 35.7 Å². The average molecular weight is 290 g/mol. The number of nitrogens with one attached hydrogen (secondary N) is 2. The van der Waals surface area contributed by atoms with Crippen LogP contribution in [0.2, 0.25) is 0 Å². The number of phenols is 1. The van der Waals surface area contributed by atoms with Crippen molar-refractivity contribution in [3.8, 4) is 5.75 Å². The minimum atomic E-state index is -0.221. The molecule has 0 spiro atoms. The Kier molecular flexibility index (Phi) is 4.73. The number of phenolic OH excluding ortho intramolecular Hbond substituents is 1. The monoisotopic (exact) mass is 290 g/mol. The molecule has 1 aromatic heterocycles. The molecule has 20 heavy (non-hydrogen) atoms. The molecule has 0 saturated heterocycles. The quantitative estimate of drug-likeness (QED) is 0.790. The van der Waals surface area contributed by atoms with E-state index in [9.17, 15) is 14.7 Å². The number of carbonyl (C=O) groups excluding carboxylic acids is 2. The van der Waals surface area contributed by atoms with Gasteiger partial charge in [-0.1, -0.05) is 6.07 Å². The summed E-state index contributed by atoms with van der Waals surface area (Å²) in [7, 11) is 0. The molecule has 0 aliphatic carbocycles. The first-order valence-electron chi connectivity index (χ1n) is 6.04. The summed E-state index contributed by atoms with van der Waals surface area (Å²) in [5, 5.41) is 18.2. The third kappa shape index (κ3) is 4.10. The molecule has 0 radical (unpaired) electrons. The van der Waals surface area contributed by atoms with Crippen LogP contribution < -0.4 is 10.6 Å². The lowest BCUT2D eigenvalue weighted by Gasteiger charge is -2.06. The molecule has 0 saturated carbocycles. The second-order valence-corrected chi connectivity index (χ2v) is 4.90. The second-order valence-electron chi connectivity index (χ2n) is 4.12. The van der Waals surface area contributed by atoms with Crippen molar-refractivity contribution in [1.82, 2.24) is 5.32 Å². The lowest BCUT2D eigenvalue weighted by Crippen LogP contribution is -2.27. The van der Waals surface area contributed by atoms with Crippen LogP contribution in [0.15, 0.2) is 41.1 Å². The van der Waals surface area contributed by atoms with E-state index in [-0.39, 0.29) is 30.5 Å². The average Bonchev–Trinajstić information content (AvgIpc) is 2.92. The SMILES string of the molecule is O=C(CCNC(=O)c1ccsc1)Nc1cccc(O)c1. The summed E-state index contributed by atoms with van der Waals surface area (Å²) in [4.78, 5) is 23.3. The molecular weight excluding hydrogens is 276 g/mol. The van der Waals surface area contributed by atoms with Crippen LogP contribution in [0, 0.1) is 0 Å². The molecule has 2 rings (SSSR count). The van der Waals surface area contributed by atoms with Gasteiger partial charge in [0.05, 0.1) is 0 Å². The minimum absolute atomic E-state index is 0.0913. The highest BCUT2D eigenvalue weighted by molar-refractivity contribution is 7.08. The molecular formula is C14H14N2O3S. The number of hydrogen-bond donors (Lipinski definition) is 3. The molecule has 0 aliphatic heterocycles. The summed E-state index contributed by atoms with van der Waals surface area (Å²) in [6.45, 7) is 0.263. The maximum Gasteiger partial charge on any atom is 0.252 e. The normalized spacial score (nSPS) is 10.0. The molecule has 0 bridgehead atoms. The number of carbonyl (C=O) groups is 2. The second kappa shape index (κ2) is 6.72. The number of anilines is 1. The Morgan fingerprint density at radius 3 is 2.80 bits per heavy atom. The molecule has 0 unspecified atom stereocenters. The van der Waals surface area contributed by atoms with E-state index in [0.717, 1.165) is 0 Å². The fourth-order valence-electron chi connectivity index (χ4n) is 1.59. The van der Waals surface area contributed by atoms with Gasteiger partial charge in [-0.05, 0) is 23.6 Å².